The first-order chi connectivity index (χ1) is 13.9. The second-order valence-electron chi connectivity index (χ2n) is 6.40. The number of amides is 2. The number of aryl methyl sites for hydroxylation is 1. The van der Waals surface area contributed by atoms with E-state index >= 15 is 0 Å². The molecule has 2 aromatic rings. The molecule has 1 aliphatic heterocycles. The van der Waals surface area contributed by atoms with Crippen LogP contribution in [0.25, 0.3) is 0 Å². The maximum atomic E-state index is 13.3. The first-order valence-electron chi connectivity index (χ1n) is 8.74. The highest BCUT2D eigenvalue weighted by Gasteiger charge is 2.41. The third kappa shape index (κ3) is 4.27. The van der Waals surface area contributed by atoms with Gasteiger partial charge in [-0.1, -0.05) is 64.8 Å². The topological polar surface area (TPSA) is 73.2 Å². The van der Waals surface area contributed by atoms with Crippen molar-refractivity contribution in [3.05, 3.63) is 74.2 Å². The van der Waals surface area contributed by atoms with Crippen LogP contribution in [0.1, 0.15) is 11.1 Å². The molecule has 1 fully saturated rings. The molecular weight excluding hydrogens is 429 g/mol. The van der Waals surface area contributed by atoms with Crippen molar-refractivity contribution in [2.45, 2.75) is 18.6 Å². The smallest absolute Gasteiger partial charge is 0.264 e. The molecule has 2 amide bonds. The molecule has 1 atom stereocenters. The van der Waals surface area contributed by atoms with Crippen molar-refractivity contribution in [3.8, 4) is 6.07 Å². The van der Waals surface area contributed by atoms with E-state index < -0.39 is 11.2 Å². The normalized spacial score (nSPS) is 17.8. The van der Waals surface area contributed by atoms with Crippen LogP contribution >= 0.6 is 35.0 Å². The molecule has 5 nitrogen and oxygen atoms in total. The predicted molar refractivity (Wildman–Crippen MR) is 117 cm³/mol. The molecule has 2 aromatic carbocycles. The number of nitrogens with one attached hydrogen (secondary N) is 1. The first-order valence-corrected chi connectivity index (χ1v) is 10.4. The second-order valence-corrected chi connectivity index (χ2v) is 8.38. The summed E-state index contributed by atoms with van der Waals surface area (Å²) in [6, 6.07) is 14.5. The zero-order valence-corrected chi connectivity index (χ0v) is 18.0. The Morgan fingerprint density at radius 3 is 2.55 bits per heavy atom. The molecule has 1 N–H and O–H groups in total. The third-order valence-corrected chi connectivity index (χ3v) is 6.58. The summed E-state index contributed by atoms with van der Waals surface area (Å²) in [6.07, 6.45) is 0.321. The maximum Gasteiger partial charge on any atom is 0.264 e. The summed E-state index contributed by atoms with van der Waals surface area (Å²) < 4.78 is 0. The van der Waals surface area contributed by atoms with Crippen LogP contribution in [0.15, 0.2) is 53.1 Å². The fourth-order valence-electron chi connectivity index (χ4n) is 2.95. The lowest BCUT2D eigenvalue weighted by Crippen LogP contribution is -2.31. The Morgan fingerprint density at radius 1 is 1.24 bits per heavy atom. The molecule has 1 saturated heterocycles. The molecule has 0 spiro atoms. The number of likely N-dealkylation sites (N-methyl/N-ethyl adjacent to an activating group) is 1. The van der Waals surface area contributed by atoms with Crippen LogP contribution in [0.4, 0.5) is 5.69 Å². The lowest BCUT2D eigenvalue weighted by Gasteiger charge is -2.18. The Labute approximate surface area is 183 Å². The molecule has 0 aliphatic carbocycles. The van der Waals surface area contributed by atoms with Gasteiger partial charge in [-0.25, -0.2) is 0 Å². The van der Waals surface area contributed by atoms with E-state index in [1.807, 2.05) is 31.2 Å². The quantitative estimate of drug-likeness (QED) is 0.556. The number of carbonyl (C=O) groups excluding carboxylic acids is 2. The molecule has 1 heterocycles. The summed E-state index contributed by atoms with van der Waals surface area (Å²) in [6.45, 7) is 1.94. The molecule has 0 bridgehead atoms. The highest BCUT2D eigenvalue weighted by atomic mass is 35.5. The Hall–Kier alpha value is -2.46. The molecule has 0 saturated carbocycles. The van der Waals surface area contributed by atoms with Gasteiger partial charge in [0.25, 0.3) is 5.91 Å². The van der Waals surface area contributed by atoms with Gasteiger partial charge in [0.2, 0.25) is 5.91 Å². The second kappa shape index (κ2) is 8.91. The number of rotatable bonds is 4. The van der Waals surface area contributed by atoms with Crippen LogP contribution in [0, 0.1) is 18.3 Å². The highest BCUT2D eigenvalue weighted by molar-refractivity contribution is 8.05. The van der Waals surface area contributed by atoms with Gasteiger partial charge in [0, 0.05) is 12.7 Å². The van der Waals surface area contributed by atoms with Gasteiger partial charge in [-0.15, -0.1) is 0 Å². The zero-order valence-electron chi connectivity index (χ0n) is 15.7. The van der Waals surface area contributed by atoms with E-state index in [1.54, 1.807) is 24.3 Å². The van der Waals surface area contributed by atoms with Gasteiger partial charge in [-0.2, -0.15) is 5.26 Å². The van der Waals surface area contributed by atoms with E-state index in [4.69, 9.17) is 23.2 Å². The van der Waals surface area contributed by atoms with E-state index in [0.29, 0.717) is 27.2 Å². The first kappa shape index (κ1) is 21.3. The van der Waals surface area contributed by atoms with Gasteiger partial charge in [0.15, 0.2) is 0 Å². The molecular formula is C21H17Cl2N3O2S. The molecule has 148 valence electrons. The summed E-state index contributed by atoms with van der Waals surface area (Å²) in [7, 11) is 1.45. The number of anilines is 1. The number of halogens is 2. The van der Waals surface area contributed by atoms with Gasteiger partial charge in [-0.05, 0) is 37.1 Å². The summed E-state index contributed by atoms with van der Waals surface area (Å²) >= 11 is 13.6. The van der Waals surface area contributed by atoms with Crippen LogP contribution in [-0.4, -0.2) is 24.1 Å². The van der Waals surface area contributed by atoms with Crippen molar-refractivity contribution in [1.29, 1.82) is 5.26 Å². The van der Waals surface area contributed by atoms with Gasteiger partial charge < -0.3 is 5.32 Å². The van der Waals surface area contributed by atoms with Crippen LogP contribution < -0.4 is 10.2 Å². The SMILES string of the molecule is CNC(=O)C(C#N)=C1SC(Cc2cccc(Cl)c2Cl)C(=O)N1c1ccc(C)cc1. The van der Waals surface area contributed by atoms with Crippen LogP contribution in [-0.2, 0) is 16.0 Å². The average Bonchev–Trinajstić information content (AvgIpc) is 3.02. The molecule has 3 rings (SSSR count). The standard InChI is InChI=1S/C21H17Cl2N3O2S/c1-12-6-8-14(9-7-12)26-20(28)17(10-13-4-3-5-16(22)18(13)23)29-21(26)15(11-24)19(27)25-2/h3-9,17H,10H2,1-2H3,(H,25,27). The van der Waals surface area contributed by atoms with Crippen molar-refractivity contribution < 1.29 is 9.59 Å². The van der Waals surface area contributed by atoms with Crippen molar-refractivity contribution >= 4 is 52.5 Å². The van der Waals surface area contributed by atoms with E-state index in [2.05, 4.69) is 5.32 Å². The van der Waals surface area contributed by atoms with Crippen molar-refractivity contribution in [1.82, 2.24) is 5.32 Å². The lowest BCUT2D eigenvalue weighted by atomic mass is 10.1. The summed E-state index contributed by atoms with van der Waals surface area (Å²) in [4.78, 5) is 27.0. The van der Waals surface area contributed by atoms with Crippen LogP contribution in [0.5, 0.6) is 0 Å². The molecule has 0 radical (unpaired) electrons. The van der Waals surface area contributed by atoms with E-state index in [1.165, 1.54) is 23.7 Å². The van der Waals surface area contributed by atoms with E-state index in [9.17, 15) is 14.9 Å². The van der Waals surface area contributed by atoms with Gasteiger partial charge >= 0.3 is 0 Å². The molecule has 1 aliphatic rings. The fourth-order valence-corrected chi connectivity index (χ4v) is 4.64. The Morgan fingerprint density at radius 2 is 1.93 bits per heavy atom. The van der Waals surface area contributed by atoms with E-state index in [0.717, 1.165) is 11.1 Å². The van der Waals surface area contributed by atoms with Gasteiger partial charge in [-0.3, -0.25) is 14.5 Å². The number of hydrogen-bond donors (Lipinski definition) is 1. The van der Waals surface area contributed by atoms with Gasteiger partial charge in [0.1, 0.15) is 16.7 Å². The highest BCUT2D eigenvalue weighted by Crippen LogP contribution is 2.42. The number of nitriles is 1. The minimum atomic E-state index is -0.546. The monoisotopic (exact) mass is 445 g/mol. The maximum absolute atomic E-state index is 13.3. The minimum Gasteiger partial charge on any atom is -0.354 e. The summed E-state index contributed by atoms with van der Waals surface area (Å²) in [5, 5.41) is 12.6. The van der Waals surface area contributed by atoms with Crippen molar-refractivity contribution in [3.63, 3.8) is 0 Å². The lowest BCUT2D eigenvalue weighted by molar-refractivity contribution is -0.117. The molecule has 29 heavy (non-hydrogen) atoms. The Balaban J connectivity index is 2.06. The number of thioether (sulfide) groups is 1. The molecule has 8 heteroatoms. The van der Waals surface area contributed by atoms with Crippen molar-refractivity contribution in [2.24, 2.45) is 0 Å². The molecule has 1 unspecified atom stereocenters. The predicted octanol–water partition coefficient (Wildman–Crippen LogP) is 4.47. The Bertz CT molecular complexity index is 1040. The van der Waals surface area contributed by atoms with Crippen LogP contribution in [0.3, 0.4) is 0 Å². The summed E-state index contributed by atoms with van der Waals surface area (Å²) in [5.41, 5.74) is 2.26. The third-order valence-electron chi connectivity index (χ3n) is 4.46. The number of carbonyl (C=O) groups is 2. The van der Waals surface area contributed by atoms with Crippen LogP contribution in [0.2, 0.25) is 10.0 Å². The average molecular weight is 446 g/mol. The summed E-state index contributed by atoms with van der Waals surface area (Å²) in [5.74, 6) is -0.761. The molecule has 0 aromatic heterocycles. The Kier molecular flexibility index (Phi) is 6.53. The van der Waals surface area contributed by atoms with E-state index in [-0.39, 0.29) is 11.5 Å². The zero-order chi connectivity index (χ0) is 21.1. The minimum absolute atomic E-state index is 0.105. The number of hydrogen-bond acceptors (Lipinski definition) is 4. The van der Waals surface area contributed by atoms with Crippen molar-refractivity contribution in [2.75, 3.05) is 11.9 Å². The fraction of sp³-hybridized carbons (Fsp3) is 0.190. The number of nitrogens with zero attached hydrogens (tertiary/aromatic N) is 2. The number of benzene rings is 2. The largest absolute Gasteiger partial charge is 0.354 e. The van der Waals surface area contributed by atoms with Gasteiger partial charge in [0.05, 0.1) is 15.3 Å².